The van der Waals surface area contributed by atoms with Crippen LogP contribution in [-0.2, 0) is 24.4 Å². The van der Waals surface area contributed by atoms with Crippen LogP contribution in [0.5, 0.6) is 0 Å². The number of aromatic nitrogens is 3. The molecule has 3 aromatic rings. The predicted octanol–water partition coefficient (Wildman–Crippen LogP) is 4.51. The summed E-state index contributed by atoms with van der Waals surface area (Å²) < 4.78 is 7.51. The second-order valence-corrected chi connectivity index (χ2v) is 8.93. The number of rotatable bonds is 3. The van der Waals surface area contributed by atoms with Crippen LogP contribution in [-0.4, -0.2) is 43.0 Å². The molecular weight excluding hydrogens is 416 g/mol. The van der Waals surface area contributed by atoms with Crippen LogP contribution in [0.25, 0.3) is 22.4 Å². The zero-order valence-electron chi connectivity index (χ0n) is 17.8. The second kappa shape index (κ2) is 8.32. The van der Waals surface area contributed by atoms with Crippen molar-refractivity contribution in [2.75, 3.05) is 6.54 Å². The lowest BCUT2D eigenvalue weighted by Gasteiger charge is -2.30. The summed E-state index contributed by atoms with van der Waals surface area (Å²) in [4.78, 5) is 18.5. The highest BCUT2D eigenvalue weighted by molar-refractivity contribution is 6.30. The summed E-state index contributed by atoms with van der Waals surface area (Å²) in [6, 6.07) is 9.25. The minimum Gasteiger partial charge on any atom is -0.444 e. The maximum absolute atomic E-state index is 12.7. The number of nitrogens with zero attached hydrogens (tertiary/aromatic N) is 4. The number of amides is 1. The highest BCUT2D eigenvalue weighted by Gasteiger charge is 2.30. The quantitative estimate of drug-likeness (QED) is 0.648. The molecule has 0 saturated heterocycles. The summed E-state index contributed by atoms with van der Waals surface area (Å²) in [7, 11) is 0. The van der Waals surface area contributed by atoms with Gasteiger partial charge in [0.2, 0.25) is 0 Å². The molecule has 31 heavy (non-hydrogen) atoms. The van der Waals surface area contributed by atoms with Crippen LogP contribution >= 0.6 is 11.6 Å². The zero-order chi connectivity index (χ0) is 22.2. The van der Waals surface area contributed by atoms with Gasteiger partial charge < -0.3 is 14.7 Å². The number of carbonyl (C=O) groups is 1. The molecule has 0 atom stereocenters. The molecular formula is C23H25ClN4O3. The first-order chi connectivity index (χ1) is 14.8. The van der Waals surface area contributed by atoms with E-state index in [2.05, 4.69) is 4.98 Å². The normalized spacial score (nSPS) is 13.8. The molecule has 2 aromatic heterocycles. The molecule has 0 radical (unpaired) electrons. The third kappa shape index (κ3) is 4.43. The first-order valence-electron chi connectivity index (χ1n) is 10.1. The lowest BCUT2D eigenvalue weighted by molar-refractivity contribution is 0.0195. The zero-order valence-corrected chi connectivity index (χ0v) is 18.6. The number of ether oxygens (including phenoxy) is 1. The van der Waals surface area contributed by atoms with Gasteiger partial charge in [-0.05, 0) is 56.2 Å². The molecule has 8 heteroatoms. The van der Waals surface area contributed by atoms with E-state index >= 15 is 0 Å². The first kappa shape index (κ1) is 21.3. The Bertz CT molecular complexity index is 1110. The molecule has 1 aliphatic heterocycles. The third-order valence-electron chi connectivity index (χ3n) is 5.09. The number of pyridine rings is 1. The molecule has 4 rings (SSSR count). The van der Waals surface area contributed by atoms with E-state index in [1.165, 1.54) is 0 Å². The number of aliphatic hydroxyl groups excluding tert-OH is 1. The van der Waals surface area contributed by atoms with Crippen LogP contribution in [0.2, 0.25) is 5.02 Å². The van der Waals surface area contributed by atoms with Crippen LogP contribution < -0.4 is 0 Å². The summed E-state index contributed by atoms with van der Waals surface area (Å²) in [6.07, 6.45) is 3.11. The van der Waals surface area contributed by atoms with Crippen molar-refractivity contribution in [3.05, 3.63) is 59.0 Å². The van der Waals surface area contributed by atoms with Gasteiger partial charge in [-0.25, -0.2) is 4.79 Å². The Morgan fingerprint density at radius 3 is 2.61 bits per heavy atom. The van der Waals surface area contributed by atoms with Gasteiger partial charge in [0.25, 0.3) is 0 Å². The largest absolute Gasteiger partial charge is 0.444 e. The van der Waals surface area contributed by atoms with Crippen molar-refractivity contribution in [1.82, 2.24) is 19.7 Å². The Labute approximate surface area is 186 Å². The van der Waals surface area contributed by atoms with E-state index in [-0.39, 0.29) is 12.7 Å². The summed E-state index contributed by atoms with van der Waals surface area (Å²) in [5.41, 5.74) is 4.45. The Morgan fingerprint density at radius 1 is 1.19 bits per heavy atom. The lowest BCUT2D eigenvalue weighted by atomic mass is 9.96. The molecule has 1 aliphatic rings. The van der Waals surface area contributed by atoms with Crippen LogP contribution in [0, 0.1) is 0 Å². The molecule has 162 valence electrons. The topological polar surface area (TPSA) is 80.5 Å². The average Bonchev–Trinajstić information content (AvgIpc) is 3.11. The summed E-state index contributed by atoms with van der Waals surface area (Å²) >= 11 is 6.14. The summed E-state index contributed by atoms with van der Waals surface area (Å²) in [5.74, 6) is 0. The Hall–Kier alpha value is -2.90. The lowest BCUT2D eigenvalue weighted by Crippen LogP contribution is -2.41. The highest BCUT2D eigenvalue weighted by Crippen LogP contribution is 2.38. The van der Waals surface area contributed by atoms with Crippen molar-refractivity contribution >= 4 is 17.7 Å². The van der Waals surface area contributed by atoms with E-state index in [1.807, 2.05) is 43.7 Å². The fourth-order valence-electron chi connectivity index (χ4n) is 3.73. The number of benzene rings is 1. The van der Waals surface area contributed by atoms with E-state index in [0.29, 0.717) is 30.2 Å². The Kier molecular flexibility index (Phi) is 5.73. The molecule has 0 aliphatic carbocycles. The third-order valence-corrected chi connectivity index (χ3v) is 5.33. The van der Waals surface area contributed by atoms with Gasteiger partial charge in [0, 0.05) is 35.1 Å². The first-order valence-corrected chi connectivity index (χ1v) is 10.5. The summed E-state index contributed by atoms with van der Waals surface area (Å²) in [6.45, 7) is 6.85. The molecule has 0 bridgehead atoms. The van der Waals surface area contributed by atoms with Crippen molar-refractivity contribution in [2.45, 2.75) is 46.1 Å². The van der Waals surface area contributed by atoms with Crippen LogP contribution in [0.3, 0.4) is 0 Å². The van der Waals surface area contributed by atoms with Gasteiger partial charge in [0.15, 0.2) is 0 Å². The maximum atomic E-state index is 12.7. The number of hydrogen-bond acceptors (Lipinski definition) is 5. The van der Waals surface area contributed by atoms with Gasteiger partial charge >= 0.3 is 6.09 Å². The smallest absolute Gasteiger partial charge is 0.410 e. The molecule has 7 nitrogen and oxygen atoms in total. The fraction of sp³-hybridized carbons (Fsp3) is 0.348. The Balaban J connectivity index is 1.82. The Morgan fingerprint density at radius 2 is 1.94 bits per heavy atom. The predicted molar refractivity (Wildman–Crippen MR) is 118 cm³/mol. The summed E-state index contributed by atoms with van der Waals surface area (Å²) in [5, 5.41) is 15.3. The van der Waals surface area contributed by atoms with Crippen molar-refractivity contribution in [1.29, 1.82) is 0 Å². The SMILES string of the molecule is CC(C)(C)OC(=O)N1CCn2nc(-c3ccc(Cl)cc3CO)c(-c3ccncc3)c2C1. The molecule has 1 aromatic carbocycles. The van der Waals surface area contributed by atoms with Gasteiger partial charge in [0.05, 0.1) is 25.4 Å². The number of aliphatic hydroxyl groups is 1. The number of carbonyl (C=O) groups excluding carboxylic acids is 1. The number of hydrogen-bond donors (Lipinski definition) is 1. The standard InChI is InChI=1S/C23H25ClN4O3/c1-23(2,3)31-22(30)27-10-11-28-19(13-27)20(15-6-8-25-9-7-15)21(26-28)18-5-4-17(24)12-16(18)14-29/h4-9,12,29H,10-11,13-14H2,1-3H3. The monoisotopic (exact) mass is 440 g/mol. The molecule has 0 fully saturated rings. The van der Waals surface area contributed by atoms with Gasteiger partial charge in [-0.3, -0.25) is 9.67 Å². The van der Waals surface area contributed by atoms with Crippen molar-refractivity contribution < 1.29 is 14.6 Å². The molecule has 1 N–H and O–H groups in total. The minimum absolute atomic E-state index is 0.155. The van der Waals surface area contributed by atoms with Crippen LogP contribution in [0.1, 0.15) is 32.0 Å². The van der Waals surface area contributed by atoms with Gasteiger partial charge in [0.1, 0.15) is 11.3 Å². The molecule has 0 spiro atoms. The van der Waals surface area contributed by atoms with Crippen molar-refractivity contribution in [3.63, 3.8) is 0 Å². The van der Waals surface area contributed by atoms with Gasteiger partial charge in [-0.15, -0.1) is 0 Å². The van der Waals surface area contributed by atoms with Crippen LogP contribution in [0.4, 0.5) is 4.79 Å². The van der Waals surface area contributed by atoms with Crippen molar-refractivity contribution in [3.8, 4) is 22.4 Å². The maximum Gasteiger partial charge on any atom is 0.410 e. The van der Waals surface area contributed by atoms with E-state index in [4.69, 9.17) is 21.4 Å². The van der Waals surface area contributed by atoms with Gasteiger partial charge in [-0.2, -0.15) is 5.10 Å². The fourth-order valence-corrected chi connectivity index (χ4v) is 3.93. The van der Waals surface area contributed by atoms with Crippen LogP contribution in [0.15, 0.2) is 42.7 Å². The van der Waals surface area contributed by atoms with Crippen molar-refractivity contribution in [2.24, 2.45) is 0 Å². The number of fused-ring (bicyclic) bond motifs is 1. The second-order valence-electron chi connectivity index (χ2n) is 8.49. The molecule has 0 saturated carbocycles. The van der Waals surface area contributed by atoms with E-state index in [0.717, 1.165) is 28.1 Å². The minimum atomic E-state index is -0.562. The van der Waals surface area contributed by atoms with E-state index in [9.17, 15) is 9.90 Å². The van der Waals surface area contributed by atoms with E-state index < -0.39 is 5.60 Å². The van der Waals surface area contributed by atoms with Gasteiger partial charge in [-0.1, -0.05) is 17.7 Å². The number of halogens is 1. The van der Waals surface area contributed by atoms with E-state index in [1.54, 1.807) is 29.4 Å². The molecule has 0 unspecified atom stereocenters. The molecule has 3 heterocycles. The molecule has 1 amide bonds. The average molecular weight is 441 g/mol. The highest BCUT2D eigenvalue weighted by atomic mass is 35.5.